The minimum atomic E-state index is 0.298. The van der Waals surface area contributed by atoms with Crippen LogP contribution in [0.1, 0.15) is 24.8 Å². The van der Waals surface area contributed by atoms with E-state index < -0.39 is 0 Å². The second-order valence-corrected chi connectivity index (χ2v) is 10.6. The fourth-order valence-corrected chi connectivity index (χ4v) is 5.76. The normalized spacial score (nSPS) is 17.9. The molecule has 0 radical (unpaired) electrons. The smallest absolute Gasteiger partial charge is 0.225 e. The van der Waals surface area contributed by atoms with Crippen molar-refractivity contribution >= 4 is 27.8 Å². The van der Waals surface area contributed by atoms with E-state index in [1.165, 1.54) is 27.6 Å². The fourth-order valence-electron chi connectivity index (χ4n) is 5.76. The number of benzene rings is 3. The van der Waals surface area contributed by atoms with Crippen molar-refractivity contribution in [3.8, 4) is 22.5 Å². The minimum absolute atomic E-state index is 0.298. The number of aryl methyl sites for hydroxylation is 1. The summed E-state index contributed by atoms with van der Waals surface area (Å²) in [6, 6.07) is 23.9. The van der Waals surface area contributed by atoms with Gasteiger partial charge in [0.15, 0.2) is 0 Å². The number of aromatic nitrogens is 3. The molecular formula is C31H30N4O. The lowest BCUT2D eigenvalue weighted by molar-refractivity contribution is -0.131. The highest BCUT2D eigenvalue weighted by molar-refractivity contribution is 5.86. The van der Waals surface area contributed by atoms with Crippen molar-refractivity contribution in [1.82, 2.24) is 19.4 Å². The molecule has 1 N–H and O–H groups in total. The molecule has 3 aromatic carbocycles. The van der Waals surface area contributed by atoms with Crippen molar-refractivity contribution in [3.63, 3.8) is 0 Å². The second kappa shape index (κ2) is 8.37. The monoisotopic (exact) mass is 474 g/mol. The van der Waals surface area contributed by atoms with Gasteiger partial charge in [-0.2, -0.15) is 0 Å². The highest BCUT2D eigenvalue weighted by atomic mass is 16.2. The first-order valence-electron chi connectivity index (χ1n) is 13.1. The predicted octanol–water partition coefficient (Wildman–Crippen LogP) is 6.42. The predicted molar refractivity (Wildman–Crippen MR) is 145 cm³/mol. The number of likely N-dealkylation sites (tertiary alicyclic amines) is 1. The summed E-state index contributed by atoms with van der Waals surface area (Å²) in [6.45, 7) is 4.77. The van der Waals surface area contributed by atoms with Gasteiger partial charge in [0.25, 0.3) is 0 Å². The van der Waals surface area contributed by atoms with E-state index in [1.807, 2.05) is 6.20 Å². The van der Waals surface area contributed by atoms with E-state index in [2.05, 4.69) is 88.1 Å². The Morgan fingerprint density at radius 2 is 1.78 bits per heavy atom. The van der Waals surface area contributed by atoms with E-state index >= 15 is 0 Å². The molecule has 2 aromatic heterocycles. The van der Waals surface area contributed by atoms with Crippen LogP contribution >= 0.6 is 0 Å². The molecule has 2 fully saturated rings. The lowest BCUT2D eigenvalue weighted by Crippen LogP contribution is -2.30. The number of nitrogens with zero attached hydrogens (tertiary/aromatic N) is 3. The molecule has 0 spiro atoms. The third kappa shape index (κ3) is 3.70. The molecule has 1 aliphatic heterocycles. The maximum Gasteiger partial charge on any atom is 0.225 e. The first-order chi connectivity index (χ1) is 17.6. The number of rotatable bonds is 5. The Bertz CT molecular complexity index is 1590. The molecule has 5 heteroatoms. The molecule has 2 aliphatic rings. The average molecular weight is 475 g/mol. The summed E-state index contributed by atoms with van der Waals surface area (Å²) in [5.41, 5.74) is 8.11. The molecule has 5 nitrogen and oxygen atoms in total. The summed E-state index contributed by atoms with van der Waals surface area (Å²) in [6.07, 6.45) is 5.19. The van der Waals surface area contributed by atoms with Crippen LogP contribution in [0.3, 0.4) is 0 Å². The van der Waals surface area contributed by atoms with Crippen LogP contribution in [-0.2, 0) is 11.3 Å². The molecule has 1 atom stereocenters. The summed E-state index contributed by atoms with van der Waals surface area (Å²) in [5.74, 6) is 2.14. The van der Waals surface area contributed by atoms with Gasteiger partial charge in [0, 0.05) is 42.8 Å². The number of fused-ring (bicyclic) bond motifs is 2. The van der Waals surface area contributed by atoms with Gasteiger partial charge >= 0.3 is 0 Å². The Morgan fingerprint density at radius 3 is 2.61 bits per heavy atom. The summed E-state index contributed by atoms with van der Waals surface area (Å²) in [4.78, 5) is 23.2. The average Bonchev–Trinajstić information content (AvgIpc) is 3.30. The van der Waals surface area contributed by atoms with Crippen molar-refractivity contribution < 1.29 is 4.79 Å². The van der Waals surface area contributed by atoms with Gasteiger partial charge < -0.3 is 14.5 Å². The topological polar surface area (TPSA) is 53.9 Å². The van der Waals surface area contributed by atoms with Crippen LogP contribution < -0.4 is 0 Å². The minimum Gasteiger partial charge on any atom is -0.361 e. The Labute approximate surface area is 210 Å². The Hall–Kier alpha value is -3.86. The van der Waals surface area contributed by atoms with Gasteiger partial charge in [-0.25, -0.2) is 4.98 Å². The third-order valence-corrected chi connectivity index (χ3v) is 7.98. The quantitative estimate of drug-likeness (QED) is 0.320. The first kappa shape index (κ1) is 21.4. The number of hydrogen-bond acceptors (Lipinski definition) is 2. The molecule has 1 amide bonds. The van der Waals surface area contributed by atoms with Crippen molar-refractivity contribution in [3.05, 3.63) is 78.5 Å². The molecule has 1 saturated heterocycles. The number of imidazole rings is 1. The van der Waals surface area contributed by atoms with E-state index in [9.17, 15) is 4.79 Å². The number of hydrogen-bond donors (Lipinski definition) is 1. The van der Waals surface area contributed by atoms with E-state index in [4.69, 9.17) is 4.98 Å². The number of carbonyl (C=O) groups excluding carboxylic acids is 1. The van der Waals surface area contributed by atoms with E-state index in [0.29, 0.717) is 17.7 Å². The molecule has 5 aromatic rings. The van der Waals surface area contributed by atoms with Crippen LogP contribution in [0.5, 0.6) is 0 Å². The Morgan fingerprint density at radius 1 is 0.972 bits per heavy atom. The van der Waals surface area contributed by atoms with Gasteiger partial charge in [-0.1, -0.05) is 48.5 Å². The fraction of sp³-hybridized carbons (Fsp3) is 0.290. The van der Waals surface area contributed by atoms with Gasteiger partial charge in [-0.15, -0.1) is 0 Å². The molecule has 0 unspecified atom stereocenters. The highest BCUT2D eigenvalue weighted by Crippen LogP contribution is 2.35. The first-order valence-corrected chi connectivity index (χ1v) is 13.1. The molecule has 1 aliphatic carbocycles. The van der Waals surface area contributed by atoms with Gasteiger partial charge in [0.1, 0.15) is 5.82 Å². The molecule has 36 heavy (non-hydrogen) atoms. The zero-order chi connectivity index (χ0) is 24.2. The number of para-hydroxylation sites is 1. The standard InChI is InChI=1S/C31H30N4O/c1-20-3-2-4-28-29(20)33-30(35(28)19-21-14-16-34(18-21)31(36)25-10-11-25)24-8-5-22(6-9-24)26-12-7-23-13-15-32-27(23)17-26/h2-9,12-13,15,17,21,25,32H,10-11,14,16,18-19H2,1H3/t21-/m0/s1. The van der Waals surface area contributed by atoms with Crippen molar-refractivity contribution in [2.24, 2.45) is 11.8 Å². The van der Waals surface area contributed by atoms with Crippen molar-refractivity contribution in [1.29, 1.82) is 0 Å². The SMILES string of the molecule is Cc1cccc2c1nc(-c1ccc(-c3ccc4cc[nH]c4c3)cc1)n2C[C@H]1CCN(C(=O)C2CC2)C1. The summed E-state index contributed by atoms with van der Waals surface area (Å²) in [5, 5.41) is 1.23. The number of nitrogens with one attached hydrogen (secondary N) is 1. The summed E-state index contributed by atoms with van der Waals surface area (Å²) >= 11 is 0. The van der Waals surface area contributed by atoms with Crippen LogP contribution in [0.4, 0.5) is 0 Å². The molecule has 180 valence electrons. The van der Waals surface area contributed by atoms with E-state index in [0.717, 1.165) is 61.3 Å². The maximum atomic E-state index is 12.6. The lowest BCUT2D eigenvalue weighted by atomic mass is 10.0. The maximum absolute atomic E-state index is 12.6. The largest absolute Gasteiger partial charge is 0.361 e. The Kier molecular flexibility index (Phi) is 4.98. The van der Waals surface area contributed by atoms with Crippen LogP contribution in [0.15, 0.2) is 72.9 Å². The van der Waals surface area contributed by atoms with Crippen molar-refractivity contribution in [2.75, 3.05) is 13.1 Å². The van der Waals surface area contributed by atoms with Crippen LogP contribution in [-0.4, -0.2) is 38.4 Å². The number of amides is 1. The zero-order valence-electron chi connectivity index (χ0n) is 20.6. The van der Waals surface area contributed by atoms with Gasteiger partial charge in [0.05, 0.1) is 11.0 Å². The number of H-pyrrole nitrogens is 1. The van der Waals surface area contributed by atoms with Crippen LogP contribution in [0.25, 0.3) is 44.5 Å². The van der Waals surface area contributed by atoms with E-state index in [1.54, 1.807) is 0 Å². The van der Waals surface area contributed by atoms with E-state index in [-0.39, 0.29) is 0 Å². The molecule has 7 rings (SSSR count). The molecule has 1 saturated carbocycles. The summed E-state index contributed by atoms with van der Waals surface area (Å²) in [7, 11) is 0. The van der Waals surface area contributed by atoms with Gasteiger partial charge in [-0.05, 0) is 72.4 Å². The molecular weight excluding hydrogens is 444 g/mol. The molecule has 0 bridgehead atoms. The molecule has 3 heterocycles. The van der Waals surface area contributed by atoms with Crippen molar-refractivity contribution in [2.45, 2.75) is 32.7 Å². The van der Waals surface area contributed by atoms with Gasteiger partial charge in [0.2, 0.25) is 5.91 Å². The second-order valence-electron chi connectivity index (χ2n) is 10.6. The van der Waals surface area contributed by atoms with Crippen LogP contribution in [0, 0.1) is 18.8 Å². The number of aromatic amines is 1. The Balaban J connectivity index is 1.22. The van der Waals surface area contributed by atoms with Crippen LogP contribution in [0.2, 0.25) is 0 Å². The summed E-state index contributed by atoms with van der Waals surface area (Å²) < 4.78 is 2.39. The van der Waals surface area contributed by atoms with Gasteiger partial charge in [-0.3, -0.25) is 4.79 Å². The third-order valence-electron chi connectivity index (χ3n) is 7.98. The zero-order valence-corrected chi connectivity index (χ0v) is 20.6. The lowest BCUT2D eigenvalue weighted by Gasteiger charge is -2.18. The highest BCUT2D eigenvalue weighted by Gasteiger charge is 2.36. The number of carbonyl (C=O) groups is 1.